The van der Waals surface area contributed by atoms with E-state index in [9.17, 15) is 9.59 Å². The molecule has 1 N–H and O–H groups in total. The Balaban J connectivity index is 1.98. The summed E-state index contributed by atoms with van der Waals surface area (Å²) in [7, 11) is 1.61. The van der Waals surface area contributed by atoms with Crippen molar-refractivity contribution in [1.82, 2.24) is 0 Å². The SMILES string of the molecule is CCCOC(=O)c1c(NC(=O)[C@@H]2CCCO2)sc(C)c1-c1ccc(OC)cc1. The van der Waals surface area contributed by atoms with Crippen molar-refractivity contribution in [1.29, 1.82) is 0 Å². The second-order valence-corrected chi connectivity index (χ2v) is 7.82. The number of benzene rings is 1. The van der Waals surface area contributed by atoms with Gasteiger partial charge >= 0.3 is 5.97 Å². The summed E-state index contributed by atoms with van der Waals surface area (Å²) in [5, 5.41) is 3.40. The number of methoxy groups -OCH3 is 1. The molecule has 1 aliphatic rings. The Kier molecular flexibility index (Phi) is 6.70. The molecule has 1 saturated heterocycles. The highest BCUT2D eigenvalue weighted by atomic mass is 32.1. The summed E-state index contributed by atoms with van der Waals surface area (Å²) in [6.07, 6.45) is 1.82. The Bertz CT molecular complexity index is 837. The molecule has 1 aromatic carbocycles. The summed E-state index contributed by atoms with van der Waals surface area (Å²) in [5.74, 6) is 0.0860. The summed E-state index contributed by atoms with van der Waals surface area (Å²) in [6.45, 7) is 4.79. The van der Waals surface area contributed by atoms with Crippen molar-refractivity contribution in [2.75, 3.05) is 25.6 Å². The summed E-state index contributed by atoms with van der Waals surface area (Å²) in [6, 6.07) is 7.49. The molecule has 1 aliphatic heterocycles. The minimum atomic E-state index is -0.466. The van der Waals surface area contributed by atoms with Crippen LogP contribution in [0.5, 0.6) is 5.75 Å². The molecule has 1 fully saturated rings. The predicted molar refractivity (Wildman–Crippen MR) is 109 cm³/mol. The Labute approximate surface area is 168 Å². The van der Waals surface area contributed by atoms with Crippen molar-refractivity contribution in [3.05, 3.63) is 34.7 Å². The lowest BCUT2D eigenvalue weighted by atomic mass is 10.0. The molecular formula is C21H25NO5S. The molecule has 2 heterocycles. The van der Waals surface area contributed by atoms with E-state index < -0.39 is 12.1 Å². The minimum Gasteiger partial charge on any atom is -0.497 e. The maximum atomic E-state index is 12.8. The van der Waals surface area contributed by atoms with Crippen molar-refractivity contribution < 1.29 is 23.8 Å². The molecule has 0 spiro atoms. The molecule has 2 aromatic rings. The first-order valence-corrected chi connectivity index (χ1v) is 10.2. The Hall–Kier alpha value is -2.38. The van der Waals surface area contributed by atoms with E-state index in [-0.39, 0.29) is 5.91 Å². The molecule has 28 heavy (non-hydrogen) atoms. The van der Waals surface area contributed by atoms with E-state index in [4.69, 9.17) is 14.2 Å². The van der Waals surface area contributed by atoms with Gasteiger partial charge in [0, 0.05) is 17.0 Å². The first-order chi connectivity index (χ1) is 13.5. The first kappa shape index (κ1) is 20.4. The maximum Gasteiger partial charge on any atom is 0.341 e. The van der Waals surface area contributed by atoms with Gasteiger partial charge in [0.15, 0.2) is 0 Å². The summed E-state index contributed by atoms with van der Waals surface area (Å²) in [4.78, 5) is 26.3. The molecule has 0 unspecified atom stereocenters. The monoisotopic (exact) mass is 403 g/mol. The molecule has 0 aliphatic carbocycles. The molecule has 0 bridgehead atoms. The standard InChI is InChI=1S/C21H25NO5S/c1-4-11-27-21(24)18-17(14-7-9-15(25-3)10-8-14)13(2)28-20(18)22-19(23)16-6-5-12-26-16/h7-10,16H,4-6,11-12H2,1-3H3,(H,22,23)/t16-/m0/s1. The normalized spacial score (nSPS) is 16.0. The lowest BCUT2D eigenvalue weighted by molar-refractivity contribution is -0.124. The number of esters is 1. The third kappa shape index (κ3) is 4.36. The second kappa shape index (κ2) is 9.21. The lowest BCUT2D eigenvalue weighted by Gasteiger charge is -2.12. The highest BCUT2D eigenvalue weighted by Crippen LogP contribution is 2.41. The summed E-state index contributed by atoms with van der Waals surface area (Å²) in [5.41, 5.74) is 2.04. The van der Waals surface area contributed by atoms with E-state index in [0.717, 1.165) is 34.6 Å². The number of rotatable bonds is 7. The van der Waals surface area contributed by atoms with Crippen LogP contribution in [0.1, 0.15) is 41.4 Å². The molecule has 6 nitrogen and oxygen atoms in total. The topological polar surface area (TPSA) is 73.9 Å². The van der Waals surface area contributed by atoms with Crippen LogP contribution in [0.3, 0.4) is 0 Å². The minimum absolute atomic E-state index is 0.218. The third-order valence-electron chi connectivity index (χ3n) is 4.56. The van der Waals surface area contributed by atoms with Crippen LogP contribution in [0.15, 0.2) is 24.3 Å². The van der Waals surface area contributed by atoms with Gasteiger partial charge in [0.05, 0.1) is 13.7 Å². The number of anilines is 1. The zero-order valence-electron chi connectivity index (χ0n) is 16.4. The number of hydrogen-bond acceptors (Lipinski definition) is 6. The van der Waals surface area contributed by atoms with Gasteiger partial charge in [0.1, 0.15) is 22.4 Å². The van der Waals surface area contributed by atoms with Crippen molar-refractivity contribution >= 4 is 28.2 Å². The first-order valence-electron chi connectivity index (χ1n) is 9.42. The van der Waals surface area contributed by atoms with Gasteiger partial charge in [-0.25, -0.2) is 4.79 Å². The van der Waals surface area contributed by atoms with Gasteiger partial charge in [0.25, 0.3) is 5.91 Å². The molecule has 1 aromatic heterocycles. The number of carbonyl (C=O) groups excluding carboxylic acids is 2. The molecule has 1 atom stereocenters. The highest BCUT2D eigenvalue weighted by Gasteiger charge is 2.29. The lowest BCUT2D eigenvalue weighted by Crippen LogP contribution is -2.27. The van der Waals surface area contributed by atoms with Crippen molar-refractivity contribution in [2.24, 2.45) is 0 Å². The zero-order chi connectivity index (χ0) is 20.1. The van der Waals surface area contributed by atoms with Crippen LogP contribution in [-0.2, 0) is 14.3 Å². The molecular weight excluding hydrogens is 378 g/mol. The second-order valence-electron chi connectivity index (χ2n) is 6.59. The smallest absolute Gasteiger partial charge is 0.341 e. The fourth-order valence-electron chi connectivity index (χ4n) is 3.18. The molecule has 1 amide bonds. The number of nitrogens with one attached hydrogen (secondary N) is 1. The van der Waals surface area contributed by atoms with Crippen LogP contribution in [0.2, 0.25) is 0 Å². The van der Waals surface area contributed by atoms with Crippen molar-refractivity contribution in [3.63, 3.8) is 0 Å². The molecule has 0 radical (unpaired) electrons. The fourth-order valence-corrected chi connectivity index (χ4v) is 4.24. The van der Waals surface area contributed by atoms with Gasteiger partial charge < -0.3 is 19.5 Å². The summed E-state index contributed by atoms with van der Waals surface area (Å²) < 4.78 is 16.1. The van der Waals surface area contributed by atoms with Crippen LogP contribution in [-0.4, -0.2) is 38.3 Å². The Morgan fingerprint density at radius 3 is 2.64 bits per heavy atom. The average Bonchev–Trinajstić information content (AvgIpc) is 3.34. The van der Waals surface area contributed by atoms with E-state index in [0.29, 0.717) is 30.2 Å². The zero-order valence-corrected chi connectivity index (χ0v) is 17.2. The van der Waals surface area contributed by atoms with E-state index in [2.05, 4.69) is 5.32 Å². The van der Waals surface area contributed by atoms with Gasteiger partial charge in [-0.3, -0.25) is 4.79 Å². The van der Waals surface area contributed by atoms with Gasteiger partial charge in [0.2, 0.25) is 0 Å². The van der Waals surface area contributed by atoms with E-state index in [1.165, 1.54) is 11.3 Å². The number of ether oxygens (including phenoxy) is 3. The van der Waals surface area contributed by atoms with E-state index >= 15 is 0 Å². The number of amides is 1. The predicted octanol–water partition coefficient (Wildman–Crippen LogP) is 4.42. The quantitative estimate of drug-likeness (QED) is 0.693. The number of hydrogen-bond donors (Lipinski definition) is 1. The molecule has 7 heteroatoms. The van der Waals surface area contributed by atoms with Gasteiger partial charge in [-0.1, -0.05) is 19.1 Å². The van der Waals surface area contributed by atoms with Gasteiger partial charge in [-0.05, 0) is 43.9 Å². The fraction of sp³-hybridized carbons (Fsp3) is 0.429. The molecule has 3 rings (SSSR count). The molecule has 150 valence electrons. The van der Waals surface area contributed by atoms with E-state index in [1.54, 1.807) is 7.11 Å². The summed E-state index contributed by atoms with van der Waals surface area (Å²) >= 11 is 1.38. The van der Waals surface area contributed by atoms with Crippen LogP contribution in [0.25, 0.3) is 11.1 Å². The van der Waals surface area contributed by atoms with E-state index in [1.807, 2.05) is 38.1 Å². The highest BCUT2D eigenvalue weighted by molar-refractivity contribution is 7.17. The Morgan fingerprint density at radius 2 is 2.04 bits per heavy atom. The number of aryl methyl sites for hydroxylation is 1. The van der Waals surface area contributed by atoms with Crippen molar-refractivity contribution in [2.45, 2.75) is 39.2 Å². The Morgan fingerprint density at radius 1 is 1.29 bits per heavy atom. The van der Waals surface area contributed by atoms with Crippen LogP contribution in [0, 0.1) is 6.92 Å². The number of thiophene rings is 1. The van der Waals surface area contributed by atoms with Crippen molar-refractivity contribution in [3.8, 4) is 16.9 Å². The van der Waals surface area contributed by atoms with Crippen LogP contribution in [0.4, 0.5) is 5.00 Å². The van der Waals surface area contributed by atoms with Crippen LogP contribution >= 0.6 is 11.3 Å². The molecule has 0 saturated carbocycles. The van der Waals surface area contributed by atoms with Gasteiger partial charge in [-0.15, -0.1) is 11.3 Å². The largest absolute Gasteiger partial charge is 0.497 e. The van der Waals surface area contributed by atoms with Crippen LogP contribution < -0.4 is 10.1 Å². The average molecular weight is 404 g/mol. The maximum absolute atomic E-state index is 12.8. The third-order valence-corrected chi connectivity index (χ3v) is 5.58. The number of carbonyl (C=O) groups is 2. The van der Waals surface area contributed by atoms with Gasteiger partial charge in [-0.2, -0.15) is 0 Å².